The minimum atomic E-state index is -5.41. The van der Waals surface area contributed by atoms with Gasteiger partial charge in [0.25, 0.3) is 0 Å². The molecule has 6 atom stereocenters. The van der Waals surface area contributed by atoms with E-state index in [0.29, 0.717) is 0 Å². The van der Waals surface area contributed by atoms with Gasteiger partial charge >= 0.3 is 26.2 Å². The van der Waals surface area contributed by atoms with Crippen molar-refractivity contribution in [3.05, 3.63) is 143 Å². The topological polar surface area (TPSA) is 0 Å². The first kappa shape index (κ1) is 46.2. The first-order chi connectivity index (χ1) is 25.9. The van der Waals surface area contributed by atoms with E-state index >= 15 is 0 Å². The van der Waals surface area contributed by atoms with E-state index in [0.717, 1.165) is 35.5 Å². The predicted octanol–water partition coefficient (Wildman–Crippen LogP) is 10.6. The van der Waals surface area contributed by atoms with Crippen molar-refractivity contribution in [1.82, 2.24) is 0 Å². The number of benzene rings is 3. The van der Waals surface area contributed by atoms with Crippen molar-refractivity contribution in [3.8, 4) is 0 Å². The van der Waals surface area contributed by atoms with Crippen molar-refractivity contribution in [3.63, 3.8) is 0 Å². The Kier molecular flexibility index (Phi) is 14.4. The SMILES string of the molecule is C1=CC2CCC(CCC3CCC4C=CC=CC43)C2C=C1.C[B-](c1c(F)c(F)c(F)c(F)c1F)(c1c(F)c(F)c(F)c(F)c1F)c1c(F)c(F)c(F)c(F)c1F.[CH3-].[Zr+4]. The van der Waals surface area contributed by atoms with Crippen LogP contribution in [0.1, 0.15) is 38.5 Å². The van der Waals surface area contributed by atoms with Crippen molar-refractivity contribution in [2.45, 2.75) is 45.3 Å². The van der Waals surface area contributed by atoms with Crippen LogP contribution in [0.4, 0.5) is 65.9 Å². The molecule has 3 aromatic rings. The third-order valence-corrected chi connectivity index (χ3v) is 11.8. The Morgan fingerprint density at radius 3 is 0.877 bits per heavy atom. The largest absolute Gasteiger partial charge is 4.00 e. The van der Waals surface area contributed by atoms with Gasteiger partial charge in [-0.15, -0.1) is 16.4 Å². The van der Waals surface area contributed by atoms with Crippen LogP contribution < -0.4 is 16.4 Å². The molecule has 0 aromatic heterocycles. The number of fused-ring (bicyclic) bond motifs is 2. The van der Waals surface area contributed by atoms with Gasteiger partial charge in [-0.25, -0.2) is 65.9 Å². The molecule has 7 rings (SSSR count). The maximum absolute atomic E-state index is 14.6. The summed E-state index contributed by atoms with van der Waals surface area (Å²) in [6.07, 6.45) is 22.2. The van der Waals surface area contributed by atoms with Crippen LogP contribution in [0.2, 0.25) is 6.82 Å². The third kappa shape index (κ3) is 7.75. The van der Waals surface area contributed by atoms with Gasteiger partial charge in [-0.1, -0.05) is 48.6 Å². The number of rotatable bonds is 6. The van der Waals surface area contributed by atoms with Crippen molar-refractivity contribution in [2.75, 3.05) is 0 Å². The zero-order valence-electron chi connectivity index (χ0n) is 30.1. The summed E-state index contributed by atoms with van der Waals surface area (Å²) in [5.74, 6) is -39.7. The molecule has 4 aliphatic carbocycles. The zero-order chi connectivity index (χ0) is 40.3. The van der Waals surface area contributed by atoms with Crippen LogP contribution in [-0.4, -0.2) is 6.15 Å². The summed E-state index contributed by atoms with van der Waals surface area (Å²) < 4.78 is 212. The summed E-state index contributed by atoms with van der Waals surface area (Å²) in [5, 5.41) is 0. The maximum Gasteiger partial charge on any atom is 4.00 e. The molecular weight excluding hydrogens is 867 g/mol. The summed E-state index contributed by atoms with van der Waals surface area (Å²) >= 11 is 0. The molecule has 0 spiro atoms. The standard InChI is InChI=1S/C20H26.C19H3BF15.CH3.Zr/c1-3-7-19-15(5-1)9-11-17(19)13-14-18-12-10-16-6-2-4-8-20(16)18;1-20(2-5(21)11(27)17(33)12(28)6(2)22,3-7(23)13(29)18(34)14(30)8(3)24)4-9(25)15(31)19(35)16(32)10(4)26;;/h1-8,15-20H,9-14H2;1H3;1H3;/q;2*-1;+4. The maximum atomic E-state index is 14.6. The van der Waals surface area contributed by atoms with Gasteiger partial charge in [0.1, 0.15) is 41.0 Å². The van der Waals surface area contributed by atoms with Crippen molar-refractivity contribution in [2.24, 2.45) is 35.5 Å². The summed E-state index contributed by atoms with van der Waals surface area (Å²) in [5.41, 5.74) is -7.89. The molecule has 0 bridgehead atoms. The molecule has 3 aromatic carbocycles. The van der Waals surface area contributed by atoms with Crippen molar-refractivity contribution >= 4 is 22.5 Å². The first-order valence-electron chi connectivity index (χ1n) is 17.4. The molecule has 6 unspecified atom stereocenters. The van der Waals surface area contributed by atoms with E-state index in [9.17, 15) is 65.9 Å². The van der Waals surface area contributed by atoms with E-state index in [1.807, 2.05) is 0 Å². The van der Waals surface area contributed by atoms with Crippen LogP contribution in [0, 0.1) is 130 Å². The smallest absolute Gasteiger partial charge is 0.358 e. The van der Waals surface area contributed by atoms with E-state index in [4.69, 9.17) is 0 Å². The quantitative estimate of drug-likeness (QED) is 0.0760. The fourth-order valence-electron chi connectivity index (χ4n) is 9.05. The first-order valence-corrected chi connectivity index (χ1v) is 17.4. The molecule has 2 saturated carbocycles. The van der Waals surface area contributed by atoms with Gasteiger partial charge in [0, 0.05) is 0 Å². The second-order valence-corrected chi connectivity index (χ2v) is 14.5. The van der Waals surface area contributed by atoms with Gasteiger partial charge in [0.15, 0.2) is 52.4 Å². The number of halogens is 15. The van der Waals surface area contributed by atoms with Crippen LogP contribution >= 0.6 is 0 Å². The monoisotopic (exact) mass is 898 g/mol. The van der Waals surface area contributed by atoms with Gasteiger partial charge in [-0.05, 0) is 74.0 Å². The molecule has 57 heavy (non-hydrogen) atoms. The summed E-state index contributed by atoms with van der Waals surface area (Å²) in [6.45, 7) is -0.213. The van der Waals surface area contributed by atoms with E-state index in [1.54, 1.807) is 0 Å². The zero-order valence-corrected chi connectivity index (χ0v) is 32.5. The van der Waals surface area contributed by atoms with Crippen LogP contribution in [-0.2, 0) is 26.2 Å². The average molecular weight is 900 g/mol. The molecule has 0 amide bonds. The van der Waals surface area contributed by atoms with Crippen LogP contribution in [0.15, 0.2) is 48.6 Å². The van der Waals surface area contributed by atoms with E-state index in [-0.39, 0.29) is 40.5 Å². The molecule has 17 heteroatoms. The molecule has 0 aliphatic heterocycles. The molecule has 0 saturated heterocycles. The molecule has 0 nitrogen and oxygen atoms in total. The number of hydrogen-bond acceptors (Lipinski definition) is 0. The van der Waals surface area contributed by atoms with E-state index in [2.05, 4.69) is 48.6 Å². The van der Waals surface area contributed by atoms with Crippen LogP contribution in [0.3, 0.4) is 0 Å². The Labute approximate surface area is 337 Å². The molecular formula is C40H32BF15Zr+2. The van der Waals surface area contributed by atoms with Gasteiger partial charge < -0.3 is 7.43 Å². The molecule has 302 valence electrons. The average Bonchev–Trinajstić information content (AvgIpc) is 3.79. The molecule has 0 heterocycles. The Bertz CT molecular complexity index is 1860. The van der Waals surface area contributed by atoms with E-state index in [1.165, 1.54) is 38.5 Å². The second kappa shape index (κ2) is 17.8. The second-order valence-electron chi connectivity index (χ2n) is 14.5. The van der Waals surface area contributed by atoms with Gasteiger partial charge in [0.2, 0.25) is 0 Å². The summed E-state index contributed by atoms with van der Waals surface area (Å²) in [7, 11) is 0. The Morgan fingerprint density at radius 1 is 0.386 bits per heavy atom. The molecule has 2 fully saturated rings. The minimum Gasteiger partial charge on any atom is -0.358 e. The molecule has 0 radical (unpaired) electrons. The Morgan fingerprint density at radius 2 is 0.614 bits per heavy atom. The molecule has 0 N–H and O–H groups in total. The Balaban J connectivity index is 0.000000276. The fourth-order valence-corrected chi connectivity index (χ4v) is 9.05. The third-order valence-electron chi connectivity index (χ3n) is 11.8. The fraction of sp³-hybridized carbons (Fsp3) is 0.325. The number of allylic oxidation sites excluding steroid dienone is 8. The van der Waals surface area contributed by atoms with Crippen molar-refractivity contribution in [1.29, 1.82) is 0 Å². The normalized spacial score (nSPS) is 23.1. The van der Waals surface area contributed by atoms with E-state index < -0.39 is 110 Å². The summed E-state index contributed by atoms with van der Waals surface area (Å²) in [6, 6.07) is 0. The van der Waals surface area contributed by atoms with Crippen LogP contribution in [0.5, 0.6) is 0 Å². The minimum absolute atomic E-state index is 0. The summed E-state index contributed by atoms with van der Waals surface area (Å²) in [4.78, 5) is 0. The van der Waals surface area contributed by atoms with Crippen LogP contribution in [0.25, 0.3) is 0 Å². The van der Waals surface area contributed by atoms with Gasteiger partial charge in [0.05, 0.1) is 0 Å². The number of hydrogen-bond donors (Lipinski definition) is 0. The van der Waals surface area contributed by atoms with Gasteiger partial charge in [-0.3, -0.25) is 0 Å². The Hall–Kier alpha value is -3.48. The molecule has 4 aliphatic rings. The predicted molar refractivity (Wildman–Crippen MR) is 181 cm³/mol. The van der Waals surface area contributed by atoms with Gasteiger partial charge in [-0.2, -0.15) is 6.82 Å². The van der Waals surface area contributed by atoms with Crippen molar-refractivity contribution < 1.29 is 92.1 Å².